The van der Waals surface area contributed by atoms with Crippen LogP contribution in [-0.2, 0) is 19.2 Å². The number of ketones is 2. The molecule has 0 aromatic heterocycles. The summed E-state index contributed by atoms with van der Waals surface area (Å²) in [5, 5.41) is 16.1. The first-order valence-corrected chi connectivity index (χ1v) is 3.65. The normalized spacial score (nSPS) is 11.4. The maximum Gasteiger partial charge on any atom is 0.312 e. The molecular weight excluding hydrogens is 210 g/mol. The molecule has 15 heavy (non-hydrogen) atoms. The third-order valence-electron chi connectivity index (χ3n) is 1.42. The minimum atomic E-state index is -1.55. The van der Waals surface area contributed by atoms with E-state index in [1.54, 1.807) is 0 Å². The Bertz CT molecular complexity index is 301. The first kappa shape index (κ1) is 13.2. The van der Waals surface area contributed by atoms with E-state index in [2.05, 4.69) is 0 Å². The summed E-state index contributed by atoms with van der Waals surface area (Å²) in [5.41, 5.74) is 7.16. The second-order valence-corrected chi connectivity index (χ2v) is 2.48. The van der Waals surface area contributed by atoms with Crippen molar-refractivity contribution in [3.05, 3.63) is 0 Å². The molecule has 2 amide bonds. The molecule has 0 spiro atoms. The zero-order valence-corrected chi connectivity index (χ0v) is 7.39. The average molecular weight is 219 g/mol. The van der Waals surface area contributed by atoms with Crippen LogP contribution in [0, 0.1) is 0 Å². The molecule has 0 rings (SSSR count). The third-order valence-corrected chi connectivity index (χ3v) is 1.42. The Morgan fingerprint density at radius 2 is 1.53 bits per heavy atom. The van der Waals surface area contributed by atoms with E-state index in [1.807, 2.05) is 0 Å². The van der Waals surface area contributed by atoms with Gasteiger partial charge in [0.25, 0.3) is 0 Å². The van der Waals surface area contributed by atoms with Gasteiger partial charge in [0.15, 0.2) is 0 Å². The fraction of sp³-hybridized carbons (Fsp3) is 0.333. The van der Waals surface area contributed by atoms with E-state index in [9.17, 15) is 19.2 Å². The van der Waals surface area contributed by atoms with E-state index < -0.39 is 35.8 Å². The maximum atomic E-state index is 10.9. The second kappa shape index (κ2) is 5.80. The van der Waals surface area contributed by atoms with Crippen LogP contribution in [0.3, 0.4) is 0 Å². The summed E-state index contributed by atoms with van der Waals surface area (Å²) in [7, 11) is 0. The van der Waals surface area contributed by atoms with Gasteiger partial charge in [0.2, 0.25) is 11.6 Å². The van der Waals surface area contributed by atoms with E-state index in [0.29, 0.717) is 0 Å². The number of hydrogen-bond donors (Lipinski definition) is 5. The molecule has 0 aliphatic rings. The molecule has 0 aromatic carbocycles. The largest absolute Gasteiger partial charge is 0.321 e. The van der Waals surface area contributed by atoms with Gasteiger partial charge in [-0.15, -0.1) is 0 Å². The summed E-state index contributed by atoms with van der Waals surface area (Å²) in [4.78, 5) is 42.7. The number of carbonyl (C=O) groups is 4. The summed E-state index contributed by atoms with van der Waals surface area (Å²) < 4.78 is 0. The molecule has 1 unspecified atom stereocenters. The summed E-state index contributed by atoms with van der Waals surface area (Å²) in [6.45, 7) is 0. The Kier molecular flexibility index (Phi) is 5.09. The number of amides is 2. The van der Waals surface area contributed by atoms with Crippen LogP contribution in [0.1, 0.15) is 6.42 Å². The molecule has 0 fully saturated rings. The number of nitrogens with one attached hydrogen (secondary N) is 2. The van der Waals surface area contributed by atoms with Gasteiger partial charge >= 0.3 is 11.8 Å². The predicted octanol–water partition coefficient (Wildman–Crippen LogP) is -3.15. The van der Waals surface area contributed by atoms with Crippen molar-refractivity contribution in [1.29, 1.82) is 0 Å². The first-order valence-electron chi connectivity index (χ1n) is 3.65. The number of hydroxylamine groups is 2. The SMILES string of the molecule is NC(CC(=O)C(=O)NO)C(=O)C(=O)NO. The van der Waals surface area contributed by atoms with Gasteiger partial charge in [-0.05, 0) is 0 Å². The van der Waals surface area contributed by atoms with Crippen LogP contribution in [0.4, 0.5) is 0 Å². The van der Waals surface area contributed by atoms with Crippen molar-refractivity contribution in [2.45, 2.75) is 12.5 Å². The molecule has 1 atom stereocenters. The van der Waals surface area contributed by atoms with Gasteiger partial charge in [-0.2, -0.15) is 0 Å². The first-order chi connectivity index (χ1) is 6.93. The van der Waals surface area contributed by atoms with Crippen molar-refractivity contribution in [1.82, 2.24) is 11.0 Å². The molecule has 9 nitrogen and oxygen atoms in total. The van der Waals surface area contributed by atoms with Gasteiger partial charge in [0.1, 0.15) is 0 Å². The highest BCUT2D eigenvalue weighted by Crippen LogP contribution is 1.92. The number of rotatable bonds is 5. The minimum absolute atomic E-state index is 0.751. The van der Waals surface area contributed by atoms with Crippen LogP contribution in [-0.4, -0.2) is 39.8 Å². The molecule has 84 valence electrons. The van der Waals surface area contributed by atoms with Crippen molar-refractivity contribution in [3.63, 3.8) is 0 Å². The van der Waals surface area contributed by atoms with Crippen LogP contribution in [0.5, 0.6) is 0 Å². The highest BCUT2D eigenvalue weighted by molar-refractivity contribution is 6.41. The van der Waals surface area contributed by atoms with Gasteiger partial charge in [-0.3, -0.25) is 29.6 Å². The topological polar surface area (TPSA) is 159 Å². The Morgan fingerprint density at radius 3 is 1.93 bits per heavy atom. The smallest absolute Gasteiger partial charge is 0.312 e. The van der Waals surface area contributed by atoms with E-state index in [0.717, 1.165) is 11.0 Å². The van der Waals surface area contributed by atoms with E-state index in [4.69, 9.17) is 16.1 Å². The molecule has 0 saturated heterocycles. The standard InChI is InChI=1S/C6H9N3O6/c7-2(4(11)6(13)9-15)1-3(10)5(12)8-14/h2,14-15H,1,7H2,(H,8,12)(H,9,13). The molecule has 0 bridgehead atoms. The quantitative estimate of drug-likeness (QED) is 0.185. The summed E-state index contributed by atoms with van der Waals surface area (Å²) in [5.74, 6) is -5.15. The Hall–Kier alpha value is -1.84. The Labute approximate surface area is 83.1 Å². The lowest BCUT2D eigenvalue weighted by molar-refractivity contribution is -0.146. The fourth-order valence-electron chi connectivity index (χ4n) is 0.671. The average Bonchev–Trinajstić information content (AvgIpc) is 2.25. The van der Waals surface area contributed by atoms with Crippen LogP contribution in [0.2, 0.25) is 0 Å². The van der Waals surface area contributed by atoms with E-state index >= 15 is 0 Å². The van der Waals surface area contributed by atoms with Crippen molar-refractivity contribution in [3.8, 4) is 0 Å². The molecular formula is C6H9N3O6. The van der Waals surface area contributed by atoms with Crippen molar-refractivity contribution < 1.29 is 29.6 Å². The van der Waals surface area contributed by atoms with E-state index in [-0.39, 0.29) is 0 Å². The van der Waals surface area contributed by atoms with Gasteiger partial charge in [0, 0.05) is 6.42 Å². The summed E-state index contributed by atoms with van der Waals surface area (Å²) in [6.07, 6.45) is -0.751. The van der Waals surface area contributed by atoms with Gasteiger partial charge in [-0.1, -0.05) is 0 Å². The molecule has 0 radical (unpaired) electrons. The fourth-order valence-corrected chi connectivity index (χ4v) is 0.671. The zero-order valence-electron chi connectivity index (χ0n) is 7.39. The molecule has 0 aliphatic carbocycles. The number of carbonyl (C=O) groups excluding carboxylic acids is 4. The third kappa shape index (κ3) is 3.81. The Balaban J connectivity index is 4.31. The molecule has 0 saturated carbocycles. The lowest BCUT2D eigenvalue weighted by atomic mass is 10.1. The highest BCUT2D eigenvalue weighted by atomic mass is 16.5. The van der Waals surface area contributed by atoms with Crippen LogP contribution in [0.15, 0.2) is 0 Å². The minimum Gasteiger partial charge on any atom is -0.321 e. The van der Waals surface area contributed by atoms with Gasteiger partial charge < -0.3 is 5.73 Å². The van der Waals surface area contributed by atoms with Crippen molar-refractivity contribution in [2.24, 2.45) is 5.73 Å². The molecule has 6 N–H and O–H groups in total. The molecule has 0 heterocycles. The second-order valence-electron chi connectivity index (χ2n) is 2.48. The lowest BCUT2D eigenvalue weighted by Crippen LogP contribution is -2.44. The highest BCUT2D eigenvalue weighted by Gasteiger charge is 2.26. The monoisotopic (exact) mass is 219 g/mol. The zero-order chi connectivity index (χ0) is 12.0. The van der Waals surface area contributed by atoms with Crippen molar-refractivity contribution >= 4 is 23.4 Å². The van der Waals surface area contributed by atoms with Crippen molar-refractivity contribution in [2.75, 3.05) is 0 Å². The summed E-state index contributed by atoms with van der Waals surface area (Å²) in [6, 6.07) is -1.55. The molecule has 0 aliphatic heterocycles. The van der Waals surface area contributed by atoms with Crippen LogP contribution in [0.25, 0.3) is 0 Å². The van der Waals surface area contributed by atoms with Crippen LogP contribution >= 0.6 is 0 Å². The number of hydrogen-bond acceptors (Lipinski definition) is 7. The Morgan fingerprint density at radius 1 is 1.07 bits per heavy atom. The van der Waals surface area contributed by atoms with Gasteiger partial charge in [-0.25, -0.2) is 11.0 Å². The molecule has 0 aromatic rings. The number of Topliss-reactive ketones (excluding diaryl/α,β-unsaturated/α-hetero) is 2. The van der Waals surface area contributed by atoms with Gasteiger partial charge in [0.05, 0.1) is 6.04 Å². The lowest BCUT2D eigenvalue weighted by Gasteiger charge is -2.06. The van der Waals surface area contributed by atoms with E-state index in [1.165, 1.54) is 0 Å². The summed E-state index contributed by atoms with van der Waals surface area (Å²) >= 11 is 0. The molecule has 9 heteroatoms. The number of nitrogens with two attached hydrogens (primary N) is 1. The maximum absolute atomic E-state index is 10.9. The van der Waals surface area contributed by atoms with Crippen LogP contribution < -0.4 is 16.7 Å². The predicted molar refractivity (Wildman–Crippen MR) is 42.5 cm³/mol.